The fourth-order valence-corrected chi connectivity index (χ4v) is 1.67. The van der Waals surface area contributed by atoms with E-state index in [0.29, 0.717) is 25.7 Å². The number of nitrogens with one attached hydrogen (secondary N) is 2. The Morgan fingerprint density at radius 1 is 1.33 bits per heavy atom. The fraction of sp³-hybridized carbons (Fsp3) is 0.467. The highest BCUT2D eigenvalue weighted by Crippen LogP contribution is 2.17. The molecule has 0 aliphatic rings. The van der Waals surface area contributed by atoms with Crippen molar-refractivity contribution in [2.75, 3.05) is 25.1 Å². The number of aromatic carboxylic acids is 1. The molecule has 0 unspecified atom stereocenters. The lowest BCUT2D eigenvalue weighted by molar-refractivity contribution is 0.0698. The maximum atomic E-state index is 11.7. The van der Waals surface area contributed by atoms with Crippen molar-refractivity contribution in [2.24, 2.45) is 5.92 Å². The number of anilines is 1. The van der Waals surface area contributed by atoms with Gasteiger partial charge in [-0.05, 0) is 25.0 Å². The highest BCUT2D eigenvalue weighted by Gasteiger charge is 2.12. The van der Waals surface area contributed by atoms with Crippen LogP contribution in [-0.4, -0.2) is 36.9 Å². The molecule has 2 amide bonds. The molecule has 0 atom stereocenters. The molecule has 116 valence electrons. The summed E-state index contributed by atoms with van der Waals surface area (Å²) in [6.07, 6.45) is 0. The maximum absolute atomic E-state index is 11.7. The molecular weight excluding hydrogens is 272 g/mol. The van der Waals surface area contributed by atoms with E-state index in [1.54, 1.807) is 19.1 Å². The van der Waals surface area contributed by atoms with Gasteiger partial charge in [0.1, 0.15) is 0 Å². The standard InChI is InChI=1S/C15H22N2O4/c1-10(2)9-21-7-6-16-15(20)17-13-5-4-11(3)8-12(13)14(18)19/h4-5,8,10H,6-7,9H2,1-3H3,(H,18,19)(H2,16,17,20). The Morgan fingerprint density at radius 3 is 2.67 bits per heavy atom. The zero-order chi connectivity index (χ0) is 15.8. The monoisotopic (exact) mass is 294 g/mol. The van der Waals surface area contributed by atoms with Crippen LogP contribution in [0.1, 0.15) is 29.8 Å². The van der Waals surface area contributed by atoms with Crippen LogP contribution in [0.2, 0.25) is 0 Å². The Bertz CT molecular complexity index is 500. The summed E-state index contributed by atoms with van der Waals surface area (Å²) in [5.74, 6) is -0.626. The number of carbonyl (C=O) groups excluding carboxylic acids is 1. The van der Waals surface area contributed by atoms with Gasteiger partial charge in [0.15, 0.2) is 0 Å². The number of urea groups is 1. The summed E-state index contributed by atoms with van der Waals surface area (Å²) in [6.45, 7) is 7.32. The van der Waals surface area contributed by atoms with Gasteiger partial charge in [-0.25, -0.2) is 9.59 Å². The highest BCUT2D eigenvalue weighted by molar-refractivity contribution is 6.00. The van der Waals surface area contributed by atoms with Crippen LogP contribution in [0.5, 0.6) is 0 Å². The Balaban J connectivity index is 2.46. The predicted octanol–water partition coefficient (Wildman–Crippen LogP) is 2.49. The molecule has 0 heterocycles. The smallest absolute Gasteiger partial charge is 0.337 e. The van der Waals surface area contributed by atoms with Gasteiger partial charge in [-0.1, -0.05) is 25.5 Å². The zero-order valence-electron chi connectivity index (χ0n) is 12.6. The molecule has 0 saturated heterocycles. The van der Waals surface area contributed by atoms with E-state index >= 15 is 0 Å². The van der Waals surface area contributed by atoms with Gasteiger partial charge in [-0.15, -0.1) is 0 Å². The Hall–Kier alpha value is -2.08. The molecule has 0 spiro atoms. The van der Waals surface area contributed by atoms with Gasteiger partial charge in [0.25, 0.3) is 0 Å². The first-order chi connectivity index (χ1) is 9.90. The molecule has 1 aromatic rings. The molecule has 6 heteroatoms. The first kappa shape index (κ1) is 17.0. The summed E-state index contributed by atoms with van der Waals surface area (Å²) in [7, 11) is 0. The third-order valence-corrected chi connectivity index (χ3v) is 2.64. The maximum Gasteiger partial charge on any atom is 0.337 e. The Kier molecular flexibility index (Phi) is 6.68. The largest absolute Gasteiger partial charge is 0.478 e. The molecule has 0 radical (unpaired) electrons. The van der Waals surface area contributed by atoms with Crippen LogP contribution in [0.25, 0.3) is 0 Å². The van der Waals surface area contributed by atoms with Gasteiger partial charge in [-0.3, -0.25) is 0 Å². The molecule has 0 fully saturated rings. The summed E-state index contributed by atoms with van der Waals surface area (Å²) in [5.41, 5.74) is 1.16. The van der Waals surface area contributed by atoms with Gasteiger partial charge in [0, 0.05) is 13.2 Å². The van der Waals surface area contributed by atoms with Gasteiger partial charge < -0.3 is 20.5 Å². The van der Waals surface area contributed by atoms with Crippen LogP contribution in [0.3, 0.4) is 0 Å². The van der Waals surface area contributed by atoms with Crippen LogP contribution in [0, 0.1) is 12.8 Å². The molecule has 0 bridgehead atoms. The number of hydrogen-bond donors (Lipinski definition) is 3. The van der Waals surface area contributed by atoms with Crippen molar-refractivity contribution in [3.63, 3.8) is 0 Å². The molecule has 0 saturated carbocycles. The van der Waals surface area contributed by atoms with Crippen molar-refractivity contribution in [3.8, 4) is 0 Å². The van der Waals surface area contributed by atoms with Crippen LogP contribution >= 0.6 is 0 Å². The number of carboxylic acids is 1. The average Bonchev–Trinajstić information content (AvgIpc) is 2.39. The third-order valence-electron chi connectivity index (χ3n) is 2.64. The van der Waals surface area contributed by atoms with Crippen LogP contribution in [0.15, 0.2) is 18.2 Å². The summed E-state index contributed by atoms with van der Waals surface area (Å²) in [5, 5.41) is 14.3. The van der Waals surface area contributed by atoms with E-state index in [1.165, 1.54) is 6.07 Å². The third kappa shape index (κ3) is 6.27. The fourth-order valence-electron chi connectivity index (χ4n) is 1.67. The lowest BCUT2D eigenvalue weighted by Gasteiger charge is -2.11. The van der Waals surface area contributed by atoms with Gasteiger partial charge in [0.2, 0.25) is 0 Å². The number of rotatable bonds is 7. The molecule has 1 rings (SSSR count). The second kappa shape index (κ2) is 8.26. The van der Waals surface area contributed by atoms with Crippen molar-refractivity contribution >= 4 is 17.7 Å². The van der Waals surface area contributed by atoms with Gasteiger partial charge in [-0.2, -0.15) is 0 Å². The Labute approximate surface area is 124 Å². The van der Waals surface area contributed by atoms with Crippen molar-refractivity contribution in [2.45, 2.75) is 20.8 Å². The van der Waals surface area contributed by atoms with E-state index < -0.39 is 12.0 Å². The molecule has 3 N–H and O–H groups in total. The number of amides is 2. The van der Waals surface area contributed by atoms with Crippen LogP contribution in [0.4, 0.5) is 10.5 Å². The minimum absolute atomic E-state index is 0.0706. The normalized spacial score (nSPS) is 10.5. The van der Waals surface area contributed by atoms with Crippen molar-refractivity contribution in [1.29, 1.82) is 0 Å². The molecule has 0 aliphatic heterocycles. The van der Waals surface area contributed by atoms with E-state index in [-0.39, 0.29) is 11.3 Å². The predicted molar refractivity (Wildman–Crippen MR) is 80.8 cm³/mol. The van der Waals surface area contributed by atoms with E-state index in [4.69, 9.17) is 9.84 Å². The summed E-state index contributed by atoms with van der Waals surface area (Å²) < 4.78 is 5.34. The van der Waals surface area contributed by atoms with Crippen LogP contribution in [-0.2, 0) is 4.74 Å². The lowest BCUT2D eigenvalue weighted by atomic mass is 10.1. The molecule has 0 aliphatic carbocycles. The average molecular weight is 294 g/mol. The SMILES string of the molecule is Cc1ccc(NC(=O)NCCOCC(C)C)c(C(=O)O)c1. The number of carboxylic acid groups (broad SMARTS) is 1. The van der Waals surface area contributed by atoms with E-state index in [0.717, 1.165) is 5.56 Å². The van der Waals surface area contributed by atoms with E-state index in [2.05, 4.69) is 10.6 Å². The first-order valence-electron chi connectivity index (χ1n) is 6.86. The van der Waals surface area contributed by atoms with Gasteiger partial charge in [0.05, 0.1) is 17.9 Å². The first-order valence-corrected chi connectivity index (χ1v) is 6.86. The molecule has 6 nitrogen and oxygen atoms in total. The van der Waals surface area contributed by atoms with Crippen molar-refractivity contribution < 1.29 is 19.4 Å². The van der Waals surface area contributed by atoms with Crippen molar-refractivity contribution in [1.82, 2.24) is 5.32 Å². The van der Waals surface area contributed by atoms with Gasteiger partial charge >= 0.3 is 12.0 Å². The summed E-state index contributed by atoms with van der Waals surface area (Å²) >= 11 is 0. The van der Waals surface area contributed by atoms with Crippen molar-refractivity contribution in [3.05, 3.63) is 29.3 Å². The summed E-state index contributed by atoms with van der Waals surface area (Å²) in [6, 6.07) is 4.39. The Morgan fingerprint density at radius 2 is 2.05 bits per heavy atom. The molecule has 21 heavy (non-hydrogen) atoms. The van der Waals surface area contributed by atoms with E-state index in [9.17, 15) is 9.59 Å². The number of benzene rings is 1. The molecule has 0 aromatic heterocycles. The second-order valence-electron chi connectivity index (χ2n) is 5.20. The minimum atomic E-state index is -1.07. The quantitative estimate of drug-likeness (QED) is 0.674. The highest BCUT2D eigenvalue weighted by atomic mass is 16.5. The number of hydrogen-bond acceptors (Lipinski definition) is 3. The molecular formula is C15H22N2O4. The minimum Gasteiger partial charge on any atom is -0.478 e. The summed E-state index contributed by atoms with van der Waals surface area (Å²) in [4.78, 5) is 22.8. The topological polar surface area (TPSA) is 87.7 Å². The van der Waals surface area contributed by atoms with Crippen LogP contribution < -0.4 is 10.6 Å². The zero-order valence-corrected chi connectivity index (χ0v) is 12.6. The number of aryl methyl sites for hydroxylation is 1. The number of ether oxygens (including phenoxy) is 1. The second-order valence-corrected chi connectivity index (χ2v) is 5.20. The molecule has 1 aromatic carbocycles. The van der Waals surface area contributed by atoms with E-state index in [1.807, 2.05) is 13.8 Å². The lowest BCUT2D eigenvalue weighted by Crippen LogP contribution is -2.32. The number of carbonyl (C=O) groups is 2.